The second-order valence-electron chi connectivity index (χ2n) is 7.72. The van der Waals surface area contributed by atoms with Gasteiger partial charge in [-0.25, -0.2) is 4.79 Å². The molecule has 1 fully saturated rings. The van der Waals surface area contributed by atoms with Gasteiger partial charge in [-0.2, -0.15) is 0 Å². The fraction of sp³-hybridized carbons (Fsp3) is 0.682. The molecule has 0 radical (unpaired) electrons. The highest BCUT2D eigenvalue weighted by Crippen LogP contribution is 2.29. The fourth-order valence-corrected chi connectivity index (χ4v) is 4.51. The second-order valence-corrected chi connectivity index (χ2v) is 7.72. The Bertz CT molecular complexity index is 744. The van der Waals surface area contributed by atoms with Crippen LogP contribution in [0.4, 0.5) is 0 Å². The van der Waals surface area contributed by atoms with E-state index in [4.69, 9.17) is 4.74 Å². The largest absolute Gasteiger partial charge is 0.464 e. The van der Waals surface area contributed by atoms with Crippen molar-refractivity contribution in [2.24, 2.45) is 5.92 Å². The first kappa shape index (κ1) is 22.2. The first-order valence-corrected chi connectivity index (χ1v) is 10.4. The number of nitrogens with zero attached hydrogens (tertiary/aromatic N) is 2. The van der Waals surface area contributed by atoms with Gasteiger partial charge >= 0.3 is 5.97 Å². The Morgan fingerprint density at radius 2 is 1.79 bits per heavy atom. The smallest absolute Gasteiger partial charge is 0.354 e. The quantitative estimate of drug-likeness (QED) is 0.498. The molecule has 1 heterocycles. The molecule has 1 unspecified atom stereocenters. The number of Topliss-reactive ketones (excluding diaryl/α,β-unsaturated/α-hetero) is 1. The Morgan fingerprint density at radius 3 is 2.29 bits per heavy atom. The highest BCUT2D eigenvalue weighted by atomic mass is 16.5. The number of carbonyl (C=O) groups excluding carboxylic acids is 3. The lowest BCUT2D eigenvalue weighted by atomic mass is 9.98. The van der Waals surface area contributed by atoms with Gasteiger partial charge in [0.25, 0.3) is 0 Å². The number of esters is 1. The first-order chi connectivity index (χ1) is 13.3. The van der Waals surface area contributed by atoms with Crippen molar-refractivity contribution in [3.63, 3.8) is 0 Å². The Balaban J connectivity index is 2.41. The number of hydrogen-bond donors (Lipinski definition) is 0. The van der Waals surface area contributed by atoms with Crippen LogP contribution in [0.2, 0.25) is 0 Å². The summed E-state index contributed by atoms with van der Waals surface area (Å²) < 4.78 is 6.75. The van der Waals surface area contributed by atoms with Crippen LogP contribution in [0.25, 0.3) is 0 Å². The zero-order chi connectivity index (χ0) is 21.0. The van der Waals surface area contributed by atoms with Gasteiger partial charge < -0.3 is 14.2 Å². The molecular weight excluding hydrogens is 356 g/mol. The molecule has 6 nitrogen and oxygen atoms in total. The molecule has 28 heavy (non-hydrogen) atoms. The van der Waals surface area contributed by atoms with Gasteiger partial charge in [0.15, 0.2) is 5.78 Å². The van der Waals surface area contributed by atoms with Crippen molar-refractivity contribution >= 4 is 17.7 Å². The highest BCUT2D eigenvalue weighted by Gasteiger charge is 2.35. The van der Waals surface area contributed by atoms with Gasteiger partial charge in [-0.1, -0.05) is 19.8 Å². The number of ketones is 1. The summed E-state index contributed by atoms with van der Waals surface area (Å²) >= 11 is 0. The Kier molecular flexibility index (Phi) is 7.44. The molecule has 1 saturated carbocycles. The number of carbonyl (C=O) groups is 3. The number of hydrogen-bond acceptors (Lipinski definition) is 4. The second kappa shape index (κ2) is 9.39. The van der Waals surface area contributed by atoms with E-state index < -0.39 is 12.0 Å². The fourth-order valence-electron chi connectivity index (χ4n) is 4.51. The minimum atomic E-state index is -0.552. The van der Waals surface area contributed by atoms with Gasteiger partial charge in [0.1, 0.15) is 5.69 Å². The zero-order valence-electron chi connectivity index (χ0n) is 18.1. The molecule has 0 N–H and O–H groups in total. The molecule has 6 heteroatoms. The van der Waals surface area contributed by atoms with E-state index in [0.717, 1.165) is 37.8 Å². The van der Waals surface area contributed by atoms with Gasteiger partial charge in [0.2, 0.25) is 5.91 Å². The summed E-state index contributed by atoms with van der Waals surface area (Å²) in [6.07, 6.45) is 4.79. The van der Waals surface area contributed by atoms with Crippen molar-refractivity contribution in [2.45, 2.75) is 79.3 Å². The number of methoxy groups -OCH3 is 1. The first-order valence-electron chi connectivity index (χ1n) is 10.4. The maximum absolute atomic E-state index is 13.5. The van der Waals surface area contributed by atoms with Gasteiger partial charge in [-0.05, 0) is 52.5 Å². The lowest BCUT2D eigenvalue weighted by Gasteiger charge is -2.30. The van der Waals surface area contributed by atoms with E-state index in [1.165, 1.54) is 7.11 Å². The standard InChI is InChI=1S/C22H34N2O4/c1-7-13-24(21(26)17-11-9-10-12-17)16(5)20(25)18-14(3)19(22(27)28-6)23(8-2)15(18)4/h16-17H,7-13H2,1-6H3. The number of rotatable bonds is 8. The molecule has 156 valence electrons. The van der Waals surface area contributed by atoms with E-state index in [2.05, 4.69) is 0 Å². The van der Waals surface area contributed by atoms with E-state index in [0.29, 0.717) is 29.9 Å². The average molecular weight is 391 g/mol. The number of ether oxygens (including phenoxy) is 1. The minimum absolute atomic E-state index is 0.0369. The van der Waals surface area contributed by atoms with Crippen molar-refractivity contribution in [2.75, 3.05) is 13.7 Å². The van der Waals surface area contributed by atoms with E-state index in [1.54, 1.807) is 11.8 Å². The van der Waals surface area contributed by atoms with Crippen LogP contribution in [-0.4, -0.2) is 46.8 Å². The van der Waals surface area contributed by atoms with Gasteiger partial charge in [-0.3, -0.25) is 9.59 Å². The van der Waals surface area contributed by atoms with E-state index in [9.17, 15) is 14.4 Å². The van der Waals surface area contributed by atoms with Crippen LogP contribution in [0.3, 0.4) is 0 Å². The molecule has 1 aromatic rings. The molecule has 2 rings (SSSR count). The van der Waals surface area contributed by atoms with E-state index >= 15 is 0 Å². The van der Waals surface area contributed by atoms with Crippen LogP contribution < -0.4 is 0 Å². The van der Waals surface area contributed by atoms with E-state index in [1.807, 2.05) is 32.3 Å². The van der Waals surface area contributed by atoms with Crippen molar-refractivity contribution in [1.82, 2.24) is 9.47 Å². The van der Waals surface area contributed by atoms with Crippen LogP contribution in [0.1, 0.15) is 85.0 Å². The summed E-state index contributed by atoms with van der Waals surface area (Å²) in [7, 11) is 1.34. The molecular formula is C22H34N2O4. The molecule has 1 amide bonds. The maximum Gasteiger partial charge on any atom is 0.354 e. The van der Waals surface area contributed by atoms with Gasteiger partial charge in [-0.15, -0.1) is 0 Å². The van der Waals surface area contributed by atoms with Crippen LogP contribution in [0.15, 0.2) is 0 Å². The van der Waals surface area contributed by atoms with Crippen LogP contribution >= 0.6 is 0 Å². The summed E-state index contributed by atoms with van der Waals surface area (Å²) in [6.45, 7) is 10.5. The highest BCUT2D eigenvalue weighted by molar-refractivity contribution is 6.06. The molecule has 1 aliphatic rings. The van der Waals surface area contributed by atoms with Crippen molar-refractivity contribution in [3.05, 3.63) is 22.5 Å². The number of amides is 1. The lowest BCUT2D eigenvalue weighted by Crippen LogP contribution is -2.46. The van der Waals surface area contributed by atoms with E-state index in [-0.39, 0.29) is 17.6 Å². The monoisotopic (exact) mass is 390 g/mol. The molecule has 0 aromatic carbocycles. The molecule has 0 bridgehead atoms. The summed E-state index contributed by atoms with van der Waals surface area (Å²) in [4.78, 5) is 40.5. The minimum Gasteiger partial charge on any atom is -0.464 e. The maximum atomic E-state index is 13.5. The van der Waals surface area contributed by atoms with Crippen molar-refractivity contribution in [1.29, 1.82) is 0 Å². The Morgan fingerprint density at radius 1 is 1.18 bits per heavy atom. The molecule has 0 saturated heterocycles. The molecule has 1 aromatic heterocycles. The summed E-state index contributed by atoms with van der Waals surface area (Å²) in [6, 6.07) is -0.552. The topological polar surface area (TPSA) is 68.6 Å². The zero-order valence-corrected chi connectivity index (χ0v) is 18.1. The molecule has 0 spiro atoms. The van der Waals surface area contributed by atoms with Gasteiger partial charge in [0.05, 0.1) is 13.2 Å². The SMILES string of the molecule is CCCN(C(=O)C1CCCC1)C(C)C(=O)c1c(C)c(C(=O)OC)n(CC)c1C. The van der Waals surface area contributed by atoms with Crippen LogP contribution in [0.5, 0.6) is 0 Å². The summed E-state index contributed by atoms with van der Waals surface area (Å²) in [5.41, 5.74) is 2.34. The molecule has 1 atom stereocenters. The average Bonchev–Trinajstić information content (AvgIpc) is 3.30. The molecule has 1 aliphatic carbocycles. The molecule has 0 aliphatic heterocycles. The third-order valence-electron chi connectivity index (χ3n) is 6.01. The number of aromatic nitrogens is 1. The third kappa shape index (κ3) is 4.01. The Hall–Kier alpha value is -2.11. The van der Waals surface area contributed by atoms with Crippen molar-refractivity contribution < 1.29 is 19.1 Å². The van der Waals surface area contributed by atoms with Crippen LogP contribution in [0, 0.1) is 19.8 Å². The Labute approximate surface area is 168 Å². The summed E-state index contributed by atoms with van der Waals surface area (Å²) in [5.74, 6) is -0.415. The van der Waals surface area contributed by atoms with Crippen LogP contribution in [-0.2, 0) is 16.1 Å². The normalized spacial score (nSPS) is 15.5. The van der Waals surface area contributed by atoms with Gasteiger partial charge in [0, 0.05) is 30.3 Å². The third-order valence-corrected chi connectivity index (χ3v) is 6.01. The predicted molar refractivity (Wildman–Crippen MR) is 109 cm³/mol. The predicted octanol–water partition coefficient (Wildman–Crippen LogP) is 3.91. The lowest BCUT2D eigenvalue weighted by molar-refractivity contribution is -0.136. The van der Waals surface area contributed by atoms with Crippen molar-refractivity contribution in [3.8, 4) is 0 Å². The summed E-state index contributed by atoms with van der Waals surface area (Å²) in [5, 5.41) is 0.